The number of H-pyrrole nitrogens is 1. The van der Waals surface area contributed by atoms with E-state index >= 15 is 0 Å². The Hall–Kier alpha value is -1.16. The Kier molecular flexibility index (Phi) is 2.14. The second kappa shape index (κ2) is 3.30. The first-order chi connectivity index (χ1) is 6.27. The van der Waals surface area contributed by atoms with Gasteiger partial charge in [0.15, 0.2) is 4.73 Å². The number of nitrogens with one attached hydrogen (secondary N) is 1. The maximum atomic E-state index is 4.30. The summed E-state index contributed by atoms with van der Waals surface area (Å²) in [5.74, 6) is 0. The van der Waals surface area contributed by atoms with Crippen molar-refractivity contribution in [1.82, 2.24) is 15.0 Å². The molecule has 0 amide bonds. The zero-order chi connectivity index (χ0) is 9.26. The van der Waals surface area contributed by atoms with Gasteiger partial charge in [-0.05, 0) is 35.0 Å². The second-order valence-electron chi connectivity index (χ2n) is 2.74. The summed E-state index contributed by atoms with van der Waals surface area (Å²) in [5.41, 5.74) is 3.02. The van der Waals surface area contributed by atoms with Crippen molar-refractivity contribution >= 4 is 15.9 Å². The summed E-state index contributed by atoms with van der Waals surface area (Å²) in [6.45, 7) is 1.99. The fourth-order valence-corrected chi connectivity index (χ4v) is 1.68. The lowest BCUT2D eigenvalue weighted by atomic mass is 10.2. The van der Waals surface area contributed by atoms with E-state index in [1.807, 2.05) is 19.1 Å². The molecule has 0 aliphatic carbocycles. The largest absolute Gasteiger partial charge is 0.336 e. The lowest BCUT2D eigenvalue weighted by molar-refractivity contribution is 1.20. The van der Waals surface area contributed by atoms with Gasteiger partial charge in [0.25, 0.3) is 0 Å². The molecule has 2 aromatic heterocycles. The lowest BCUT2D eigenvalue weighted by Crippen LogP contribution is -1.81. The number of nitrogens with zero attached hydrogens (tertiary/aromatic N) is 2. The molecule has 2 aromatic rings. The van der Waals surface area contributed by atoms with E-state index in [4.69, 9.17) is 0 Å². The van der Waals surface area contributed by atoms with Gasteiger partial charge < -0.3 is 4.98 Å². The van der Waals surface area contributed by atoms with Gasteiger partial charge in [0.05, 0.1) is 5.69 Å². The van der Waals surface area contributed by atoms with E-state index in [0.717, 1.165) is 21.7 Å². The summed E-state index contributed by atoms with van der Waals surface area (Å²) >= 11 is 3.29. The van der Waals surface area contributed by atoms with Gasteiger partial charge in [-0.2, -0.15) is 0 Å². The molecule has 2 heterocycles. The van der Waals surface area contributed by atoms with E-state index in [1.54, 1.807) is 12.4 Å². The number of hydrogen-bond acceptors (Lipinski definition) is 2. The van der Waals surface area contributed by atoms with Crippen molar-refractivity contribution in [2.24, 2.45) is 0 Å². The Bertz CT molecular complexity index is 408. The Morgan fingerprint density at radius 1 is 1.46 bits per heavy atom. The van der Waals surface area contributed by atoms with Gasteiger partial charge in [-0.1, -0.05) is 0 Å². The normalized spacial score (nSPS) is 10.3. The third kappa shape index (κ3) is 1.62. The average Bonchev–Trinajstić information content (AvgIpc) is 2.47. The second-order valence-corrected chi connectivity index (χ2v) is 3.49. The van der Waals surface area contributed by atoms with Crippen molar-refractivity contribution in [1.29, 1.82) is 0 Å². The summed E-state index contributed by atoms with van der Waals surface area (Å²) in [6.07, 6.45) is 3.55. The van der Waals surface area contributed by atoms with Crippen LogP contribution in [-0.2, 0) is 0 Å². The van der Waals surface area contributed by atoms with Crippen LogP contribution in [-0.4, -0.2) is 15.0 Å². The highest BCUT2D eigenvalue weighted by atomic mass is 79.9. The predicted molar refractivity (Wildman–Crippen MR) is 54.3 cm³/mol. The van der Waals surface area contributed by atoms with Gasteiger partial charge in [-0.3, -0.25) is 4.98 Å². The highest BCUT2D eigenvalue weighted by Gasteiger charge is 2.06. The minimum Gasteiger partial charge on any atom is -0.336 e. The minimum absolute atomic E-state index is 0.754. The molecule has 0 bridgehead atoms. The van der Waals surface area contributed by atoms with E-state index in [1.165, 1.54) is 0 Å². The first kappa shape index (κ1) is 8.44. The number of rotatable bonds is 1. The van der Waals surface area contributed by atoms with Crippen LogP contribution in [0.3, 0.4) is 0 Å². The number of imidazole rings is 1. The Balaban J connectivity index is 2.53. The first-order valence-electron chi connectivity index (χ1n) is 3.90. The minimum atomic E-state index is 0.754. The summed E-state index contributed by atoms with van der Waals surface area (Å²) in [5, 5.41) is 0. The van der Waals surface area contributed by atoms with E-state index in [2.05, 4.69) is 30.9 Å². The van der Waals surface area contributed by atoms with Crippen molar-refractivity contribution in [2.45, 2.75) is 6.92 Å². The Morgan fingerprint density at radius 2 is 2.31 bits per heavy atom. The van der Waals surface area contributed by atoms with Crippen LogP contribution in [0.25, 0.3) is 11.3 Å². The zero-order valence-corrected chi connectivity index (χ0v) is 8.67. The Morgan fingerprint density at radius 3 is 2.85 bits per heavy atom. The molecule has 2 rings (SSSR count). The van der Waals surface area contributed by atoms with Crippen LogP contribution in [0.1, 0.15) is 5.69 Å². The van der Waals surface area contributed by atoms with Crippen molar-refractivity contribution < 1.29 is 0 Å². The third-order valence-electron chi connectivity index (χ3n) is 1.79. The number of hydrogen-bond donors (Lipinski definition) is 1. The van der Waals surface area contributed by atoms with Crippen LogP contribution in [0, 0.1) is 6.92 Å². The van der Waals surface area contributed by atoms with E-state index in [0.29, 0.717) is 0 Å². The molecule has 0 spiro atoms. The van der Waals surface area contributed by atoms with Crippen molar-refractivity contribution in [2.75, 3.05) is 0 Å². The summed E-state index contributed by atoms with van der Waals surface area (Å²) < 4.78 is 0.754. The van der Waals surface area contributed by atoms with Gasteiger partial charge in [0, 0.05) is 23.7 Å². The number of aromatic amines is 1. The molecular formula is C9H8BrN3. The molecule has 0 aromatic carbocycles. The molecule has 3 nitrogen and oxygen atoms in total. The molecule has 1 N–H and O–H groups in total. The first-order valence-corrected chi connectivity index (χ1v) is 4.69. The van der Waals surface area contributed by atoms with Gasteiger partial charge in [0.2, 0.25) is 0 Å². The van der Waals surface area contributed by atoms with Crippen LogP contribution in [0.15, 0.2) is 29.3 Å². The fraction of sp³-hybridized carbons (Fsp3) is 0.111. The molecule has 0 aliphatic heterocycles. The van der Waals surface area contributed by atoms with Crippen molar-refractivity contribution in [3.63, 3.8) is 0 Å². The van der Waals surface area contributed by atoms with Crippen LogP contribution >= 0.6 is 15.9 Å². The van der Waals surface area contributed by atoms with Crippen molar-refractivity contribution in [3.8, 4) is 11.3 Å². The maximum Gasteiger partial charge on any atom is 0.175 e. The molecule has 66 valence electrons. The number of pyridine rings is 1. The molecule has 4 heteroatoms. The fourth-order valence-electron chi connectivity index (χ4n) is 1.21. The predicted octanol–water partition coefficient (Wildman–Crippen LogP) is 2.54. The highest BCUT2D eigenvalue weighted by Crippen LogP contribution is 2.21. The number of aryl methyl sites for hydroxylation is 1. The molecular weight excluding hydrogens is 230 g/mol. The summed E-state index contributed by atoms with van der Waals surface area (Å²) in [7, 11) is 0. The molecule has 0 unspecified atom stereocenters. The summed E-state index contributed by atoms with van der Waals surface area (Å²) in [6, 6.07) is 3.89. The number of aromatic nitrogens is 3. The van der Waals surface area contributed by atoms with E-state index < -0.39 is 0 Å². The molecule has 13 heavy (non-hydrogen) atoms. The van der Waals surface area contributed by atoms with Crippen LogP contribution in [0.2, 0.25) is 0 Å². The van der Waals surface area contributed by atoms with Crippen molar-refractivity contribution in [3.05, 3.63) is 35.0 Å². The molecule has 0 aliphatic rings. The van der Waals surface area contributed by atoms with Gasteiger partial charge in [0.1, 0.15) is 0 Å². The molecule has 0 saturated carbocycles. The average molecular weight is 238 g/mol. The smallest absolute Gasteiger partial charge is 0.175 e. The third-order valence-corrected chi connectivity index (χ3v) is 2.17. The van der Waals surface area contributed by atoms with Gasteiger partial charge in [-0.15, -0.1) is 0 Å². The molecule has 0 fully saturated rings. The lowest BCUT2D eigenvalue weighted by Gasteiger charge is -1.95. The quantitative estimate of drug-likeness (QED) is 0.829. The topological polar surface area (TPSA) is 41.6 Å². The van der Waals surface area contributed by atoms with E-state index in [9.17, 15) is 0 Å². The van der Waals surface area contributed by atoms with E-state index in [-0.39, 0.29) is 0 Å². The highest BCUT2D eigenvalue weighted by molar-refractivity contribution is 9.10. The maximum absolute atomic E-state index is 4.30. The molecule has 0 radical (unpaired) electrons. The van der Waals surface area contributed by atoms with Crippen LogP contribution < -0.4 is 0 Å². The van der Waals surface area contributed by atoms with Gasteiger partial charge in [-0.25, -0.2) is 4.98 Å². The van der Waals surface area contributed by atoms with Crippen LogP contribution in [0.5, 0.6) is 0 Å². The zero-order valence-electron chi connectivity index (χ0n) is 7.08. The summed E-state index contributed by atoms with van der Waals surface area (Å²) in [4.78, 5) is 11.4. The molecule has 0 atom stereocenters. The standard InChI is InChI=1S/C9H8BrN3/c1-6-8(13-9(10)12-6)7-3-2-4-11-5-7/h2-5H,1H3,(H,12,13). The number of halogens is 1. The SMILES string of the molecule is Cc1[nH]c(Br)nc1-c1cccnc1. The van der Waals surface area contributed by atoms with Gasteiger partial charge >= 0.3 is 0 Å². The van der Waals surface area contributed by atoms with Crippen LogP contribution in [0.4, 0.5) is 0 Å². The Labute approximate surface area is 84.4 Å². The monoisotopic (exact) mass is 237 g/mol. The molecule has 0 saturated heterocycles.